The molecule has 0 aliphatic carbocycles. The van der Waals surface area contributed by atoms with Gasteiger partial charge in [-0.2, -0.15) is 0 Å². The predicted molar refractivity (Wildman–Crippen MR) is 85.8 cm³/mol. The molecule has 2 rings (SSSR count). The van der Waals surface area contributed by atoms with Gasteiger partial charge in [0, 0.05) is 0 Å². The van der Waals surface area contributed by atoms with Crippen LogP contribution in [-0.2, 0) is 9.47 Å². The molecule has 0 amide bonds. The molecule has 2 aromatic rings. The smallest absolute Gasteiger partial charge is 0.338 e. The predicted octanol–water partition coefficient (Wildman–Crippen LogP) is 2.14. The lowest BCUT2D eigenvalue weighted by Crippen LogP contribution is -2.04. The fourth-order valence-corrected chi connectivity index (χ4v) is 2.30. The number of phenolic OH excluding ortho intramolecular Hbond substituents is 4. The third-order valence-corrected chi connectivity index (χ3v) is 3.38. The first-order chi connectivity index (χ1) is 11.8. The van der Waals surface area contributed by atoms with Crippen LogP contribution in [0.25, 0.3) is 11.1 Å². The van der Waals surface area contributed by atoms with Crippen LogP contribution in [0.1, 0.15) is 27.6 Å². The molecule has 25 heavy (non-hydrogen) atoms. The van der Waals surface area contributed by atoms with Crippen LogP contribution in [0.2, 0.25) is 0 Å². The van der Waals surface area contributed by atoms with E-state index in [0.29, 0.717) is 0 Å². The maximum absolute atomic E-state index is 11.7. The molecular weight excluding hydrogens is 332 g/mol. The lowest BCUT2D eigenvalue weighted by atomic mass is 9.97. The number of aromatic hydroxyl groups is 4. The first kappa shape index (κ1) is 17.9. The lowest BCUT2D eigenvalue weighted by Gasteiger charge is -2.13. The molecule has 0 saturated carbocycles. The fourth-order valence-electron chi connectivity index (χ4n) is 2.30. The van der Waals surface area contributed by atoms with Crippen LogP contribution in [0.4, 0.5) is 0 Å². The number of ether oxygens (including phenoxy) is 2. The molecule has 8 nitrogen and oxygen atoms in total. The highest BCUT2D eigenvalue weighted by Gasteiger charge is 2.23. The Morgan fingerprint density at radius 3 is 1.48 bits per heavy atom. The van der Waals surface area contributed by atoms with Crippen molar-refractivity contribution in [2.24, 2.45) is 0 Å². The zero-order valence-electron chi connectivity index (χ0n) is 13.4. The van der Waals surface area contributed by atoms with E-state index < -0.39 is 34.9 Å². The molecule has 0 aliphatic rings. The second-order valence-electron chi connectivity index (χ2n) is 4.99. The highest BCUT2D eigenvalue weighted by atomic mass is 16.5. The molecule has 4 N–H and O–H groups in total. The molecule has 0 heterocycles. The summed E-state index contributed by atoms with van der Waals surface area (Å²) in [6.45, 7) is 1.71. The Morgan fingerprint density at radius 2 is 1.16 bits per heavy atom. The maximum atomic E-state index is 11.7. The highest BCUT2D eigenvalue weighted by molar-refractivity contribution is 5.96. The van der Waals surface area contributed by atoms with Crippen LogP contribution in [0.15, 0.2) is 24.3 Å². The molecule has 0 bridgehead atoms. The molecule has 0 radical (unpaired) electrons. The first-order valence-corrected chi connectivity index (χ1v) is 7.17. The third-order valence-electron chi connectivity index (χ3n) is 3.38. The van der Waals surface area contributed by atoms with Crippen molar-refractivity contribution in [1.82, 2.24) is 0 Å². The summed E-state index contributed by atoms with van der Waals surface area (Å²) in [6.07, 6.45) is 0. The van der Waals surface area contributed by atoms with Crippen molar-refractivity contribution in [1.29, 1.82) is 0 Å². The van der Waals surface area contributed by atoms with Crippen LogP contribution in [-0.4, -0.2) is 46.1 Å². The summed E-state index contributed by atoms with van der Waals surface area (Å²) in [6, 6.07) is 4.08. The van der Waals surface area contributed by atoms with Gasteiger partial charge in [0.15, 0.2) is 0 Å². The standard InChI is InChI=1S/C17H16O8/c1-3-25-17(23)9-6-12(20)15(13(21)7-9)14-10(18)4-8(5-11(14)19)16(22)24-2/h4-7,18-21H,3H2,1-2H3. The van der Waals surface area contributed by atoms with Gasteiger partial charge in [0.2, 0.25) is 0 Å². The summed E-state index contributed by atoms with van der Waals surface area (Å²) in [4.78, 5) is 23.2. The van der Waals surface area contributed by atoms with E-state index in [1.54, 1.807) is 6.92 Å². The average molecular weight is 348 g/mol. The van der Waals surface area contributed by atoms with E-state index in [9.17, 15) is 30.0 Å². The van der Waals surface area contributed by atoms with E-state index in [1.165, 1.54) is 0 Å². The zero-order valence-corrected chi connectivity index (χ0v) is 13.4. The van der Waals surface area contributed by atoms with Gasteiger partial charge in [0.1, 0.15) is 23.0 Å². The quantitative estimate of drug-likeness (QED) is 0.618. The number of carbonyl (C=O) groups is 2. The molecular formula is C17H16O8. The first-order valence-electron chi connectivity index (χ1n) is 7.17. The topological polar surface area (TPSA) is 134 Å². The number of esters is 2. The summed E-state index contributed by atoms with van der Waals surface area (Å²) in [5.41, 5.74) is -0.841. The van der Waals surface area contributed by atoms with E-state index in [-0.39, 0.29) is 28.9 Å². The van der Waals surface area contributed by atoms with Gasteiger partial charge in [-0.15, -0.1) is 0 Å². The Labute approximate surface area is 142 Å². The SMILES string of the molecule is CCOC(=O)c1cc(O)c(-c2c(O)cc(C(=O)OC)cc2O)c(O)c1. The van der Waals surface area contributed by atoms with E-state index >= 15 is 0 Å². The fraction of sp³-hybridized carbons (Fsp3) is 0.176. The number of carbonyl (C=O) groups excluding carboxylic acids is 2. The molecule has 132 valence electrons. The van der Waals surface area contributed by atoms with Crippen LogP contribution < -0.4 is 0 Å². The van der Waals surface area contributed by atoms with Gasteiger partial charge >= 0.3 is 11.9 Å². The minimum atomic E-state index is -0.789. The average Bonchev–Trinajstić information content (AvgIpc) is 2.55. The van der Waals surface area contributed by atoms with Gasteiger partial charge in [-0.1, -0.05) is 0 Å². The summed E-state index contributed by atoms with van der Waals surface area (Å²) >= 11 is 0. The van der Waals surface area contributed by atoms with Crippen LogP contribution in [0.5, 0.6) is 23.0 Å². The van der Waals surface area contributed by atoms with Crippen molar-refractivity contribution in [3.8, 4) is 34.1 Å². The van der Waals surface area contributed by atoms with E-state index in [0.717, 1.165) is 31.4 Å². The van der Waals surface area contributed by atoms with Crippen molar-refractivity contribution < 1.29 is 39.5 Å². The van der Waals surface area contributed by atoms with Gasteiger partial charge in [0.25, 0.3) is 0 Å². The van der Waals surface area contributed by atoms with Crippen LogP contribution in [0.3, 0.4) is 0 Å². The van der Waals surface area contributed by atoms with E-state index in [2.05, 4.69) is 4.74 Å². The van der Waals surface area contributed by atoms with Gasteiger partial charge in [-0.05, 0) is 31.2 Å². The third kappa shape index (κ3) is 3.42. The van der Waals surface area contributed by atoms with Gasteiger partial charge in [-0.3, -0.25) is 0 Å². The number of hydrogen-bond acceptors (Lipinski definition) is 8. The summed E-state index contributed by atoms with van der Waals surface area (Å²) < 4.78 is 9.27. The number of methoxy groups -OCH3 is 1. The molecule has 8 heteroatoms. The molecule has 0 unspecified atom stereocenters. The number of phenols is 4. The Morgan fingerprint density at radius 1 is 0.800 bits per heavy atom. The molecule has 0 atom stereocenters. The van der Waals surface area contributed by atoms with Crippen LogP contribution >= 0.6 is 0 Å². The lowest BCUT2D eigenvalue weighted by molar-refractivity contribution is 0.0524. The largest absolute Gasteiger partial charge is 0.507 e. The van der Waals surface area contributed by atoms with Crippen molar-refractivity contribution in [3.63, 3.8) is 0 Å². The maximum Gasteiger partial charge on any atom is 0.338 e. The Hall–Kier alpha value is -3.42. The Kier molecular flexibility index (Phi) is 5.02. The summed E-state index contributed by atoms with van der Waals surface area (Å²) in [5.74, 6) is -3.83. The molecule has 0 aromatic heterocycles. The number of benzene rings is 2. The summed E-state index contributed by atoms with van der Waals surface area (Å²) in [5, 5.41) is 40.5. The number of rotatable bonds is 4. The molecule has 0 spiro atoms. The molecule has 0 aliphatic heterocycles. The van der Waals surface area contributed by atoms with Crippen molar-refractivity contribution in [3.05, 3.63) is 35.4 Å². The second-order valence-corrected chi connectivity index (χ2v) is 4.99. The van der Waals surface area contributed by atoms with Gasteiger partial charge in [-0.25, -0.2) is 9.59 Å². The van der Waals surface area contributed by atoms with Gasteiger partial charge < -0.3 is 29.9 Å². The zero-order chi connectivity index (χ0) is 18.7. The van der Waals surface area contributed by atoms with E-state index in [1.807, 2.05) is 0 Å². The van der Waals surface area contributed by atoms with Gasteiger partial charge in [0.05, 0.1) is 36.0 Å². The van der Waals surface area contributed by atoms with E-state index in [4.69, 9.17) is 4.74 Å². The van der Waals surface area contributed by atoms with Crippen molar-refractivity contribution >= 4 is 11.9 Å². The highest BCUT2D eigenvalue weighted by Crippen LogP contribution is 2.47. The second kappa shape index (κ2) is 7.00. The van der Waals surface area contributed by atoms with Crippen LogP contribution in [0, 0.1) is 0 Å². The molecule has 2 aromatic carbocycles. The van der Waals surface area contributed by atoms with Crippen molar-refractivity contribution in [2.75, 3.05) is 13.7 Å². The molecule has 0 saturated heterocycles. The molecule has 0 fully saturated rings. The Balaban J connectivity index is 2.59. The monoisotopic (exact) mass is 348 g/mol. The minimum absolute atomic E-state index is 0.106. The Bertz CT molecular complexity index is 795. The number of hydrogen-bond donors (Lipinski definition) is 4. The summed E-state index contributed by atoms with van der Waals surface area (Å²) in [7, 11) is 1.14. The van der Waals surface area contributed by atoms with Crippen molar-refractivity contribution in [2.45, 2.75) is 6.92 Å². The minimum Gasteiger partial charge on any atom is -0.507 e. The normalized spacial score (nSPS) is 10.3.